The summed E-state index contributed by atoms with van der Waals surface area (Å²) in [5.74, 6) is 1.31. The minimum atomic E-state index is -0.410. The number of ether oxygens (including phenoxy) is 1. The zero-order valence-corrected chi connectivity index (χ0v) is 16.6. The topological polar surface area (TPSA) is 29.5 Å². The van der Waals surface area contributed by atoms with Gasteiger partial charge in [-0.05, 0) is 36.3 Å². The van der Waals surface area contributed by atoms with Crippen LogP contribution >= 0.6 is 23.1 Å². The van der Waals surface area contributed by atoms with E-state index in [4.69, 9.17) is 4.74 Å². The molecule has 1 aromatic carbocycles. The van der Waals surface area contributed by atoms with Gasteiger partial charge in [-0.3, -0.25) is 4.79 Å². The molecule has 0 aliphatic carbocycles. The molecular weight excluding hydrogens is 362 g/mol. The molecule has 3 nitrogen and oxygen atoms in total. The van der Waals surface area contributed by atoms with Crippen molar-refractivity contribution in [2.75, 3.05) is 32.1 Å². The third-order valence-corrected chi connectivity index (χ3v) is 8.02. The van der Waals surface area contributed by atoms with Crippen molar-refractivity contribution in [1.82, 2.24) is 4.90 Å². The fourth-order valence-electron chi connectivity index (χ4n) is 4.08. The Morgan fingerprint density at radius 1 is 1.08 bits per heavy atom. The van der Waals surface area contributed by atoms with Crippen LogP contribution in [0.3, 0.4) is 0 Å². The first-order valence-corrected chi connectivity index (χ1v) is 11.3. The van der Waals surface area contributed by atoms with Crippen LogP contribution in [0.15, 0.2) is 47.8 Å². The van der Waals surface area contributed by atoms with E-state index in [0.29, 0.717) is 24.4 Å². The van der Waals surface area contributed by atoms with Crippen LogP contribution in [0, 0.1) is 0 Å². The first kappa shape index (κ1) is 18.1. The van der Waals surface area contributed by atoms with Gasteiger partial charge in [-0.1, -0.05) is 36.4 Å². The summed E-state index contributed by atoms with van der Waals surface area (Å²) < 4.78 is 5.60. The molecule has 2 aromatic rings. The molecule has 1 aromatic heterocycles. The number of nitrogens with zero attached hydrogens (tertiary/aromatic N) is 1. The number of thiophene rings is 1. The van der Waals surface area contributed by atoms with Crippen LogP contribution < -0.4 is 0 Å². The van der Waals surface area contributed by atoms with E-state index in [0.717, 1.165) is 43.7 Å². The van der Waals surface area contributed by atoms with E-state index in [1.54, 1.807) is 0 Å². The van der Waals surface area contributed by atoms with E-state index in [-0.39, 0.29) is 0 Å². The average molecular weight is 388 g/mol. The molecule has 1 unspecified atom stereocenters. The second-order valence-electron chi connectivity index (χ2n) is 7.02. The number of hydrogen-bond donors (Lipinski definition) is 0. The lowest BCUT2D eigenvalue weighted by atomic mass is 9.73. The fourth-order valence-corrected chi connectivity index (χ4v) is 6.32. The molecule has 0 saturated carbocycles. The minimum Gasteiger partial charge on any atom is -0.381 e. The van der Waals surface area contributed by atoms with E-state index >= 15 is 0 Å². The second kappa shape index (κ2) is 8.15. The second-order valence-corrected chi connectivity index (χ2v) is 9.31. The molecule has 2 saturated heterocycles. The highest BCUT2D eigenvalue weighted by Gasteiger charge is 2.44. The van der Waals surface area contributed by atoms with Crippen molar-refractivity contribution in [3.8, 4) is 0 Å². The summed E-state index contributed by atoms with van der Waals surface area (Å²) in [7, 11) is 0. The molecular formula is C21H25NO2S2. The molecule has 26 heavy (non-hydrogen) atoms. The van der Waals surface area contributed by atoms with E-state index in [1.807, 2.05) is 41.3 Å². The Hall–Kier alpha value is -1.30. The average Bonchev–Trinajstić information content (AvgIpc) is 3.13. The largest absolute Gasteiger partial charge is 0.381 e. The van der Waals surface area contributed by atoms with Gasteiger partial charge in [0.1, 0.15) is 0 Å². The maximum Gasteiger partial charge on any atom is 0.233 e. The van der Waals surface area contributed by atoms with E-state index in [2.05, 4.69) is 34.5 Å². The van der Waals surface area contributed by atoms with Gasteiger partial charge in [0.25, 0.3) is 0 Å². The van der Waals surface area contributed by atoms with Crippen molar-refractivity contribution in [2.45, 2.75) is 29.9 Å². The van der Waals surface area contributed by atoms with Gasteiger partial charge in [0.15, 0.2) is 0 Å². The minimum absolute atomic E-state index is 0.305. The SMILES string of the molecule is O=C(N1CCSC(c2cccs2)CC1)C1(c2ccccc2)CCOCC1. The summed E-state index contributed by atoms with van der Waals surface area (Å²) in [4.78, 5) is 17.2. The summed E-state index contributed by atoms with van der Waals surface area (Å²) in [6.45, 7) is 3.03. The first-order valence-electron chi connectivity index (χ1n) is 9.37. The smallest absolute Gasteiger partial charge is 0.233 e. The van der Waals surface area contributed by atoms with Crippen LogP contribution in [0.25, 0.3) is 0 Å². The Morgan fingerprint density at radius 3 is 2.62 bits per heavy atom. The Morgan fingerprint density at radius 2 is 1.88 bits per heavy atom. The highest BCUT2D eigenvalue weighted by molar-refractivity contribution is 7.99. The number of benzene rings is 1. The molecule has 0 spiro atoms. The highest BCUT2D eigenvalue weighted by Crippen LogP contribution is 2.40. The lowest BCUT2D eigenvalue weighted by molar-refractivity contribution is -0.141. The van der Waals surface area contributed by atoms with Crippen LogP contribution in [-0.2, 0) is 14.9 Å². The zero-order chi connectivity index (χ0) is 17.8. The Balaban J connectivity index is 1.54. The number of hydrogen-bond acceptors (Lipinski definition) is 4. The van der Waals surface area contributed by atoms with Gasteiger partial charge in [-0.2, -0.15) is 11.8 Å². The van der Waals surface area contributed by atoms with Crippen molar-refractivity contribution < 1.29 is 9.53 Å². The first-order chi connectivity index (χ1) is 12.8. The highest BCUT2D eigenvalue weighted by atomic mass is 32.2. The molecule has 2 aliphatic heterocycles. The van der Waals surface area contributed by atoms with Gasteiger partial charge in [-0.25, -0.2) is 0 Å². The van der Waals surface area contributed by atoms with Crippen molar-refractivity contribution in [2.24, 2.45) is 0 Å². The van der Waals surface area contributed by atoms with Gasteiger partial charge in [0.05, 0.1) is 5.41 Å². The van der Waals surface area contributed by atoms with E-state index in [1.165, 1.54) is 4.88 Å². The number of thioether (sulfide) groups is 1. The normalized spacial score (nSPS) is 23.4. The van der Waals surface area contributed by atoms with E-state index in [9.17, 15) is 4.79 Å². The van der Waals surface area contributed by atoms with Crippen LogP contribution in [0.2, 0.25) is 0 Å². The molecule has 0 N–H and O–H groups in total. The molecule has 0 radical (unpaired) electrons. The number of rotatable bonds is 3. The maximum absolute atomic E-state index is 13.7. The predicted molar refractivity (Wildman–Crippen MR) is 109 cm³/mol. The molecule has 4 rings (SSSR count). The van der Waals surface area contributed by atoms with Crippen molar-refractivity contribution in [1.29, 1.82) is 0 Å². The van der Waals surface area contributed by atoms with Gasteiger partial charge < -0.3 is 9.64 Å². The quantitative estimate of drug-likeness (QED) is 0.776. The molecule has 2 fully saturated rings. The number of carbonyl (C=O) groups is 1. The van der Waals surface area contributed by atoms with Gasteiger partial charge >= 0.3 is 0 Å². The standard InChI is InChI=1S/C21H25NO2S2/c23-20(21(9-13-24-14-10-21)17-5-2-1-3-6-17)22-11-8-19(26-16-12-22)18-7-4-15-25-18/h1-7,15,19H,8-14,16H2. The monoisotopic (exact) mass is 387 g/mol. The van der Waals surface area contributed by atoms with Crippen LogP contribution in [0.5, 0.6) is 0 Å². The Bertz CT molecular complexity index is 711. The van der Waals surface area contributed by atoms with Crippen LogP contribution in [-0.4, -0.2) is 42.9 Å². The lowest BCUT2D eigenvalue weighted by Gasteiger charge is -2.40. The zero-order valence-electron chi connectivity index (χ0n) is 14.9. The van der Waals surface area contributed by atoms with E-state index < -0.39 is 5.41 Å². The predicted octanol–water partition coefficient (Wildman–Crippen LogP) is 4.50. The molecule has 5 heteroatoms. The van der Waals surface area contributed by atoms with Crippen molar-refractivity contribution in [3.63, 3.8) is 0 Å². The van der Waals surface area contributed by atoms with Gasteiger partial charge in [0, 0.05) is 42.2 Å². The lowest BCUT2D eigenvalue weighted by Crippen LogP contribution is -2.50. The van der Waals surface area contributed by atoms with Crippen molar-refractivity contribution >= 4 is 29.0 Å². The van der Waals surface area contributed by atoms with Gasteiger partial charge in [-0.15, -0.1) is 11.3 Å². The molecule has 1 amide bonds. The summed E-state index contributed by atoms with van der Waals surface area (Å²) >= 11 is 3.83. The summed E-state index contributed by atoms with van der Waals surface area (Å²) in [5.41, 5.74) is 0.743. The molecule has 2 aliphatic rings. The molecule has 0 bridgehead atoms. The third-order valence-electron chi connectivity index (χ3n) is 5.57. The van der Waals surface area contributed by atoms with Gasteiger partial charge in [0.2, 0.25) is 5.91 Å². The maximum atomic E-state index is 13.7. The molecule has 3 heterocycles. The van der Waals surface area contributed by atoms with Crippen LogP contribution in [0.1, 0.15) is 35.0 Å². The Labute approximate surface area is 163 Å². The third kappa shape index (κ3) is 3.57. The summed E-state index contributed by atoms with van der Waals surface area (Å²) in [5, 5.41) is 2.67. The number of carbonyl (C=O) groups excluding carboxylic acids is 1. The van der Waals surface area contributed by atoms with Crippen molar-refractivity contribution in [3.05, 3.63) is 58.3 Å². The Kier molecular flexibility index (Phi) is 5.67. The molecule has 1 atom stereocenters. The fraction of sp³-hybridized carbons (Fsp3) is 0.476. The number of amides is 1. The molecule has 138 valence electrons. The van der Waals surface area contributed by atoms with Crippen LogP contribution in [0.4, 0.5) is 0 Å². The summed E-state index contributed by atoms with van der Waals surface area (Å²) in [6, 6.07) is 14.7. The summed E-state index contributed by atoms with van der Waals surface area (Å²) in [6.07, 6.45) is 2.61.